The van der Waals surface area contributed by atoms with Gasteiger partial charge in [0.25, 0.3) is 0 Å². The molecule has 78 valence electrons. The van der Waals surface area contributed by atoms with E-state index in [9.17, 15) is 4.39 Å². The van der Waals surface area contributed by atoms with Gasteiger partial charge in [0, 0.05) is 0 Å². The Morgan fingerprint density at radius 2 is 1.93 bits per heavy atom. The SMILES string of the molecule is CC(C)CC(C)c1ccc(F)c(Cl)c1. The average Bonchev–Trinajstić information content (AvgIpc) is 2.08. The lowest BCUT2D eigenvalue weighted by molar-refractivity contribution is 0.523. The molecule has 14 heavy (non-hydrogen) atoms. The van der Waals surface area contributed by atoms with E-state index in [4.69, 9.17) is 11.6 Å². The molecule has 0 amide bonds. The van der Waals surface area contributed by atoms with E-state index in [-0.39, 0.29) is 10.8 Å². The van der Waals surface area contributed by atoms with Crippen LogP contribution >= 0.6 is 11.6 Å². The van der Waals surface area contributed by atoms with Gasteiger partial charge in [-0.25, -0.2) is 4.39 Å². The normalized spacial score (nSPS) is 13.3. The van der Waals surface area contributed by atoms with Crippen molar-refractivity contribution in [2.24, 2.45) is 5.92 Å². The molecule has 0 aliphatic rings. The molecule has 0 bridgehead atoms. The van der Waals surface area contributed by atoms with Gasteiger partial charge in [-0.1, -0.05) is 38.4 Å². The quantitative estimate of drug-likeness (QED) is 0.688. The van der Waals surface area contributed by atoms with Gasteiger partial charge in [0.2, 0.25) is 0 Å². The first kappa shape index (κ1) is 11.5. The number of rotatable bonds is 3. The second kappa shape index (κ2) is 4.79. The van der Waals surface area contributed by atoms with Crippen molar-refractivity contribution in [1.82, 2.24) is 0 Å². The van der Waals surface area contributed by atoms with E-state index < -0.39 is 0 Å². The number of benzene rings is 1. The number of hydrogen-bond acceptors (Lipinski definition) is 0. The molecule has 0 fully saturated rings. The van der Waals surface area contributed by atoms with Gasteiger partial charge in [0.05, 0.1) is 5.02 Å². The first-order valence-corrected chi connectivity index (χ1v) is 5.33. The van der Waals surface area contributed by atoms with Gasteiger partial charge >= 0.3 is 0 Å². The Hall–Kier alpha value is -0.560. The van der Waals surface area contributed by atoms with Crippen molar-refractivity contribution in [3.63, 3.8) is 0 Å². The van der Waals surface area contributed by atoms with Crippen LogP contribution in [0.15, 0.2) is 18.2 Å². The monoisotopic (exact) mass is 214 g/mol. The smallest absolute Gasteiger partial charge is 0.141 e. The highest BCUT2D eigenvalue weighted by Gasteiger charge is 2.09. The molecule has 2 heteroatoms. The highest BCUT2D eigenvalue weighted by molar-refractivity contribution is 6.30. The Kier molecular flexibility index (Phi) is 3.94. The summed E-state index contributed by atoms with van der Waals surface area (Å²) < 4.78 is 12.9. The van der Waals surface area contributed by atoms with Gasteiger partial charge in [-0.3, -0.25) is 0 Å². The van der Waals surface area contributed by atoms with Crippen LogP contribution in [0.2, 0.25) is 5.02 Å². The van der Waals surface area contributed by atoms with Crippen LogP contribution in [-0.4, -0.2) is 0 Å². The minimum absolute atomic E-state index is 0.220. The summed E-state index contributed by atoms with van der Waals surface area (Å²) in [5.41, 5.74) is 1.12. The summed E-state index contributed by atoms with van der Waals surface area (Å²) in [6, 6.07) is 4.98. The average molecular weight is 215 g/mol. The summed E-state index contributed by atoms with van der Waals surface area (Å²) in [6.07, 6.45) is 1.10. The van der Waals surface area contributed by atoms with E-state index in [1.54, 1.807) is 6.07 Å². The third-order valence-corrected chi connectivity index (χ3v) is 2.63. The second-order valence-corrected chi connectivity index (χ2v) is 4.61. The molecular formula is C12H16ClF. The van der Waals surface area contributed by atoms with Crippen LogP contribution in [0.5, 0.6) is 0 Å². The standard InChI is InChI=1S/C12H16ClF/c1-8(2)6-9(3)10-4-5-12(14)11(13)7-10/h4-5,7-9H,6H2,1-3H3. The van der Waals surface area contributed by atoms with Crippen LogP contribution in [0, 0.1) is 11.7 Å². The molecule has 1 unspecified atom stereocenters. The minimum atomic E-state index is -0.341. The first-order chi connectivity index (χ1) is 6.50. The Balaban J connectivity index is 2.80. The van der Waals surface area contributed by atoms with E-state index in [2.05, 4.69) is 20.8 Å². The number of hydrogen-bond donors (Lipinski definition) is 0. The Labute approximate surface area is 90.1 Å². The zero-order chi connectivity index (χ0) is 10.7. The van der Waals surface area contributed by atoms with Gasteiger partial charge in [-0.15, -0.1) is 0 Å². The number of halogens is 2. The Bertz CT molecular complexity index is 307. The molecule has 0 aliphatic carbocycles. The minimum Gasteiger partial charge on any atom is -0.205 e. The maximum atomic E-state index is 12.9. The second-order valence-electron chi connectivity index (χ2n) is 4.20. The van der Waals surface area contributed by atoms with Crippen LogP contribution in [0.25, 0.3) is 0 Å². The molecule has 0 spiro atoms. The van der Waals surface area contributed by atoms with Gasteiger partial charge in [0.1, 0.15) is 5.82 Å². The molecule has 0 radical (unpaired) electrons. The molecule has 1 aromatic carbocycles. The Morgan fingerprint density at radius 3 is 2.43 bits per heavy atom. The molecule has 0 nitrogen and oxygen atoms in total. The molecule has 0 saturated carbocycles. The van der Waals surface area contributed by atoms with Gasteiger partial charge in [-0.05, 0) is 36.0 Å². The van der Waals surface area contributed by atoms with Crippen molar-refractivity contribution in [2.75, 3.05) is 0 Å². The highest BCUT2D eigenvalue weighted by atomic mass is 35.5. The topological polar surface area (TPSA) is 0 Å². The fourth-order valence-corrected chi connectivity index (χ4v) is 1.85. The predicted molar refractivity (Wildman–Crippen MR) is 59.3 cm³/mol. The van der Waals surface area contributed by atoms with E-state index in [0.717, 1.165) is 12.0 Å². The summed E-state index contributed by atoms with van der Waals surface area (Å²) in [5.74, 6) is 0.745. The van der Waals surface area contributed by atoms with Crippen LogP contribution in [0.1, 0.15) is 38.7 Å². The molecule has 0 aliphatic heterocycles. The third-order valence-electron chi connectivity index (χ3n) is 2.34. The predicted octanol–water partition coefficient (Wildman–Crippen LogP) is 4.63. The van der Waals surface area contributed by atoms with Crippen molar-refractivity contribution in [1.29, 1.82) is 0 Å². The van der Waals surface area contributed by atoms with Crippen molar-refractivity contribution < 1.29 is 4.39 Å². The summed E-state index contributed by atoms with van der Waals surface area (Å²) in [6.45, 7) is 6.51. The van der Waals surface area contributed by atoms with E-state index in [1.807, 2.05) is 6.07 Å². The van der Waals surface area contributed by atoms with Gasteiger partial charge < -0.3 is 0 Å². The lowest BCUT2D eigenvalue weighted by Gasteiger charge is -2.14. The molecule has 1 atom stereocenters. The molecule has 1 rings (SSSR count). The summed E-state index contributed by atoms with van der Waals surface area (Å²) >= 11 is 5.72. The lowest BCUT2D eigenvalue weighted by atomic mass is 9.92. The van der Waals surface area contributed by atoms with Crippen molar-refractivity contribution in [3.05, 3.63) is 34.6 Å². The maximum Gasteiger partial charge on any atom is 0.141 e. The largest absolute Gasteiger partial charge is 0.205 e. The van der Waals surface area contributed by atoms with Gasteiger partial charge in [0.15, 0.2) is 0 Å². The van der Waals surface area contributed by atoms with Crippen LogP contribution in [0.3, 0.4) is 0 Å². The zero-order valence-corrected chi connectivity index (χ0v) is 9.61. The van der Waals surface area contributed by atoms with Crippen molar-refractivity contribution in [2.45, 2.75) is 33.1 Å². The molecular weight excluding hydrogens is 199 g/mol. The zero-order valence-electron chi connectivity index (χ0n) is 8.85. The molecule has 0 N–H and O–H groups in total. The van der Waals surface area contributed by atoms with Crippen LogP contribution < -0.4 is 0 Å². The van der Waals surface area contributed by atoms with Crippen LogP contribution in [-0.2, 0) is 0 Å². The molecule has 1 aromatic rings. The highest BCUT2D eigenvalue weighted by Crippen LogP contribution is 2.26. The van der Waals surface area contributed by atoms with Gasteiger partial charge in [-0.2, -0.15) is 0 Å². The summed E-state index contributed by atoms with van der Waals surface area (Å²) in [5, 5.41) is 0.220. The van der Waals surface area contributed by atoms with E-state index in [1.165, 1.54) is 6.07 Å². The molecule has 0 heterocycles. The summed E-state index contributed by atoms with van der Waals surface area (Å²) in [7, 11) is 0. The third kappa shape index (κ3) is 2.98. The Morgan fingerprint density at radius 1 is 1.29 bits per heavy atom. The molecule has 0 saturated heterocycles. The van der Waals surface area contributed by atoms with E-state index >= 15 is 0 Å². The lowest BCUT2D eigenvalue weighted by Crippen LogP contribution is -1.99. The van der Waals surface area contributed by atoms with Crippen molar-refractivity contribution >= 4 is 11.6 Å². The fraction of sp³-hybridized carbons (Fsp3) is 0.500. The fourth-order valence-electron chi connectivity index (χ4n) is 1.66. The van der Waals surface area contributed by atoms with Crippen LogP contribution in [0.4, 0.5) is 4.39 Å². The van der Waals surface area contributed by atoms with E-state index in [0.29, 0.717) is 11.8 Å². The van der Waals surface area contributed by atoms with Crippen molar-refractivity contribution in [3.8, 4) is 0 Å². The first-order valence-electron chi connectivity index (χ1n) is 4.95. The maximum absolute atomic E-state index is 12.9. The molecule has 0 aromatic heterocycles. The summed E-state index contributed by atoms with van der Waals surface area (Å²) in [4.78, 5) is 0.